The number of nitro groups is 1. The lowest BCUT2D eigenvalue weighted by Gasteiger charge is -2.16. The van der Waals surface area contributed by atoms with Gasteiger partial charge in [0.25, 0.3) is 5.69 Å². The maximum absolute atomic E-state index is 11.0. The quantitative estimate of drug-likeness (QED) is 0.682. The molecule has 0 spiro atoms. The van der Waals surface area contributed by atoms with Crippen LogP contribution in [0.5, 0.6) is 0 Å². The van der Waals surface area contributed by atoms with Crippen LogP contribution in [0.4, 0.5) is 11.4 Å². The summed E-state index contributed by atoms with van der Waals surface area (Å²) in [4.78, 5) is 15.1. The molecule has 21 heavy (non-hydrogen) atoms. The predicted molar refractivity (Wildman–Crippen MR) is 83.6 cm³/mol. The summed E-state index contributed by atoms with van der Waals surface area (Å²) in [6.45, 7) is 4.21. The van der Waals surface area contributed by atoms with Gasteiger partial charge in [0.2, 0.25) is 0 Å². The number of aryl methyl sites for hydroxylation is 1. The summed E-state index contributed by atoms with van der Waals surface area (Å²) in [5.41, 5.74) is 2.79. The number of hydrogen-bond donors (Lipinski definition) is 1. The number of benzene rings is 1. The predicted octanol–water partition coefficient (Wildman–Crippen LogP) is 4.05. The average molecular weight is 285 g/mol. The van der Waals surface area contributed by atoms with E-state index < -0.39 is 0 Å². The zero-order valence-corrected chi connectivity index (χ0v) is 12.3. The molecule has 110 valence electrons. The van der Waals surface area contributed by atoms with E-state index in [0.29, 0.717) is 6.04 Å². The molecule has 2 unspecified atom stereocenters. The van der Waals surface area contributed by atoms with Gasteiger partial charge in [0.05, 0.1) is 10.4 Å². The van der Waals surface area contributed by atoms with Crippen LogP contribution < -0.4 is 5.32 Å². The van der Waals surface area contributed by atoms with Crippen molar-refractivity contribution >= 4 is 22.3 Å². The first-order valence-electron chi connectivity index (χ1n) is 7.35. The molecular formula is C16H19N3O2. The summed E-state index contributed by atoms with van der Waals surface area (Å²) >= 11 is 0. The van der Waals surface area contributed by atoms with Crippen molar-refractivity contribution in [2.45, 2.75) is 39.2 Å². The number of nitro benzene ring substituents is 1. The normalized spacial score (nSPS) is 21.6. The van der Waals surface area contributed by atoms with Crippen molar-refractivity contribution in [2.24, 2.45) is 5.92 Å². The van der Waals surface area contributed by atoms with E-state index in [1.165, 1.54) is 12.5 Å². The molecule has 1 saturated carbocycles. The first-order chi connectivity index (χ1) is 10.0. The summed E-state index contributed by atoms with van der Waals surface area (Å²) in [7, 11) is 0. The Hall–Kier alpha value is -2.17. The Morgan fingerprint density at radius 1 is 1.33 bits per heavy atom. The van der Waals surface area contributed by atoms with Crippen LogP contribution in [0, 0.1) is 23.0 Å². The summed E-state index contributed by atoms with van der Waals surface area (Å²) in [6.07, 6.45) is 3.54. The lowest BCUT2D eigenvalue weighted by molar-refractivity contribution is -0.384. The highest BCUT2D eigenvalue weighted by atomic mass is 16.6. The SMILES string of the molecule is Cc1cc(NC2CCC(C)C2)c2cc([N+](=O)[O-])ccc2n1. The van der Waals surface area contributed by atoms with Crippen LogP contribution in [0.25, 0.3) is 10.9 Å². The molecule has 0 aliphatic heterocycles. The van der Waals surface area contributed by atoms with Crippen LogP contribution in [-0.4, -0.2) is 15.9 Å². The minimum Gasteiger partial charge on any atom is -0.382 e. The second-order valence-corrected chi connectivity index (χ2v) is 6.03. The highest BCUT2D eigenvalue weighted by Gasteiger charge is 2.22. The standard InChI is InChI=1S/C16H19N3O2/c1-10-3-4-12(7-10)18-16-8-11(2)17-15-6-5-13(19(20)21)9-14(15)16/h5-6,8-10,12H,3-4,7H2,1-2H3,(H,17,18). The van der Waals surface area contributed by atoms with E-state index in [0.717, 1.165) is 41.0 Å². The van der Waals surface area contributed by atoms with Crippen molar-refractivity contribution in [1.29, 1.82) is 0 Å². The van der Waals surface area contributed by atoms with Crippen molar-refractivity contribution in [3.63, 3.8) is 0 Å². The van der Waals surface area contributed by atoms with Gasteiger partial charge >= 0.3 is 0 Å². The zero-order chi connectivity index (χ0) is 15.0. The van der Waals surface area contributed by atoms with Crippen LogP contribution in [-0.2, 0) is 0 Å². The Morgan fingerprint density at radius 3 is 2.81 bits per heavy atom. The molecule has 1 aromatic heterocycles. The minimum absolute atomic E-state index is 0.107. The van der Waals surface area contributed by atoms with Crippen LogP contribution in [0.3, 0.4) is 0 Å². The molecule has 1 heterocycles. The Kier molecular flexibility index (Phi) is 3.49. The second kappa shape index (κ2) is 5.31. The van der Waals surface area contributed by atoms with Crippen LogP contribution in [0.1, 0.15) is 31.9 Å². The van der Waals surface area contributed by atoms with Crippen LogP contribution in [0.15, 0.2) is 24.3 Å². The van der Waals surface area contributed by atoms with Gasteiger partial charge in [-0.15, -0.1) is 0 Å². The highest BCUT2D eigenvalue weighted by Crippen LogP contribution is 2.32. The molecule has 1 aliphatic rings. The number of hydrogen-bond acceptors (Lipinski definition) is 4. The fraction of sp³-hybridized carbons (Fsp3) is 0.438. The van der Waals surface area contributed by atoms with Gasteiger partial charge in [0.15, 0.2) is 0 Å². The van der Waals surface area contributed by atoms with Crippen molar-refractivity contribution in [3.8, 4) is 0 Å². The lowest BCUT2D eigenvalue weighted by Crippen LogP contribution is -2.15. The number of rotatable bonds is 3. The molecule has 0 radical (unpaired) electrons. The molecule has 2 aromatic rings. The third kappa shape index (κ3) is 2.82. The highest BCUT2D eigenvalue weighted by molar-refractivity contribution is 5.93. The van der Waals surface area contributed by atoms with E-state index in [2.05, 4.69) is 17.2 Å². The Labute approximate surface area is 123 Å². The summed E-state index contributed by atoms with van der Waals surface area (Å²) in [5.74, 6) is 0.742. The van der Waals surface area contributed by atoms with E-state index in [1.54, 1.807) is 12.1 Å². The van der Waals surface area contributed by atoms with Gasteiger partial charge in [-0.05, 0) is 44.2 Å². The van der Waals surface area contributed by atoms with E-state index >= 15 is 0 Å². The van der Waals surface area contributed by atoms with Gasteiger partial charge in [-0.25, -0.2) is 0 Å². The number of fused-ring (bicyclic) bond motifs is 1. The number of aromatic nitrogens is 1. The van der Waals surface area contributed by atoms with E-state index in [9.17, 15) is 10.1 Å². The van der Waals surface area contributed by atoms with Gasteiger partial charge in [-0.2, -0.15) is 0 Å². The summed E-state index contributed by atoms with van der Waals surface area (Å²) in [6, 6.07) is 7.28. The summed E-state index contributed by atoms with van der Waals surface area (Å²) < 4.78 is 0. The molecule has 0 saturated heterocycles. The molecule has 0 bridgehead atoms. The topological polar surface area (TPSA) is 68.1 Å². The molecular weight excluding hydrogens is 266 g/mol. The number of nitrogens with zero attached hydrogens (tertiary/aromatic N) is 2. The van der Waals surface area contributed by atoms with E-state index in [-0.39, 0.29) is 10.6 Å². The van der Waals surface area contributed by atoms with Gasteiger partial charge in [0, 0.05) is 34.9 Å². The van der Waals surface area contributed by atoms with Crippen molar-refractivity contribution in [1.82, 2.24) is 4.98 Å². The first-order valence-corrected chi connectivity index (χ1v) is 7.35. The summed E-state index contributed by atoms with van der Waals surface area (Å²) in [5, 5.41) is 15.4. The largest absolute Gasteiger partial charge is 0.382 e. The second-order valence-electron chi connectivity index (χ2n) is 6.03. The smallest absolute Gasteiger partial charge is 0.270 e. The zero-order valence-electron chi connectivity index (χ0n) is 12.3. The number of anilines is 1. The van der Waals surface area contributed by atoms with Gasteiger partial charge < -0.3 is 5.32 Å². The van der Waals surface area contributed by atoms with Gasteiger partial charge in [-0.1, -0.05) is 6.92 Å². The van der Waals surface area contributed by atoms with Crippen LogP contribution >= 0.6 is 0 Å². The fourth-order valence-electron chi connectivity index (χ4n) is 3.14. The molecule has 3 rings (SSSR count). The van der Waals surface area contributed by atoms with Gasteiger partial charge in [-0.3, -0.25) is 15.1 Å². The molecule has 5 heteroatoms. The number of nitrogens with one attached hydrogen (secondary N) is 1. The molecule has 0 amide bonds. The molecule has 2 atom stereocenters. The maximum atomic E-state index is 11.0. The van der Waals surface area contributed by atoms with Crippen molar-refractivity contribution in [2.75, 3.05) is 5.32 Å². The monoisotopic (exact) mass is 285 g/mol. The lowest BCUT2D eigenvalue weighted by atomic mass is 10.1. The van der Waals surface area contributed by atoms with E-state index in [4.69, 9.17) is 0 Å². The van der Waals surface area contributed by atoms with Crippen molar-refractivity contribution in [3.05, 3.63) is 40.1 Å². The fourth-order valence-corrected chi connectivity index (χ4v) is 3.14. The van der Waals surface area contributed by atoms with Crippen molar-refractivity contribution < 1.29 is 4.92 Å². The molecule has 1 N–H and O–H groups in total. The number of non-ortho nitro benzene ring substituents is 1. The minimum atomic E-state index is -0.360. The average Bonchev–Trinajstić information content (AvgIpc) is 2.83. The first kappa shape index (κ1) is 13.8. The third-order valence-corrected chi connectivity index (χ3v) is 4.19. The molecule has 5 nitrogen and oxygen atoms in total. The Bertz CT molecular complexity index is 699. The maximum Gasteiger partial charge on any atom is 0.270 e. The van der Waals surface area contributed by atoms with E-state index in [1.807, 2.05) is 13.0 Å². The van der Waals surface area contributed by atoms with Gasteiger partial charge in [0.1, 0.15) is 0 Å². The Morgan fingerprint density at radius 2 is 2.14 bits per heavy atom. The molecule has 1 fully saturated rings. The molecule has 1 aliphatic carbocycles. The number of pyridine rings is 1. The van der Waals surface area contributed by atoms with Crippen LogP contribution in [0.2, 0.25) is 0 Å². The molecule has 1 aromatic carbocycles. The Balaban J connectivity index is 2.02. The third-order valence-electron chi connectivity index (χ3n) is 4.19.